The molecule has 2 rings (SSSR count). The summed E-state index contributed by atoms with van der Waals surface area (Å²) in [5, 5.41) is 11.7. The molecule has 0 saturated heterocycles. The monoisotopic (exact) mass is 571 g/mol. The number of benzene rings is 2. The highest BCUT2D eigenvalue weighted by atomic mass is 16.6. The molecule has 0 fully saturated rings. The maximum absolute atomic E-state index is 13.5. The van der Waals surface area contributed by atoms with Gasteiger partial charge >= 0.3 is 5.97 Å². The van der Waals surface area contributed by atoms with E-state index in [1.165, 1.54) is 0 Å². The molecule has 0 aliphatic rings. The summed E-state index contributed by atoms with van der Waals surface area (Å²) in [6.45, 7) is 14.0. The molecule has 41 heavy (non-hydrogen) atoms. The Kier molecular flexibility index (Phi) is 12.8. The van der Waals surface area contributed by atoms with E-state index in [9.17, 15) is 9.59 Å². The largest absolute Gasteiger partial charge is 0.494 e. The summed E-state index contributed by atoms with van der Waals surface area (Å²) < 4.78 is 23.0. The average Bonchev–Trinajstić information content (AvgIpc) is 2.92. The number of carbonyl (C=O) groups excluding carboxylic acids is 2. The highest BCUT2D eigenvalue weighted by Gasteiger charge is 2.34. The first-order valence-electron chi connectivity index (χ1n) is 14.1. The first-order chi connectivity index (χ1) is 19.4. The molecule has 0 spiro atoms. The molecule has 0 bridgehead atoms. The average molecular weight is 572 g/mol. The van der Waals surface area contributed by atoms with Gasteiger partial charge in [0.05, 0.1) is 25.4 Å². The smallest absolute Gasteiger partial charge is 0.349 e. The number of hydrogen-bond donors (Lipinski definition) is 2. The van der Waals surface area contributed by atoms with E-state index in [4.69, 9.17) is 29.9 Å². The van der Waals surface area contributed by atoms with E-state index < -0.39 is 11.6 Å². The first-order valence-corrected chi connectivity index (χ1v) is 14.1. The molecule has 0 aromatic heterocycles. The highest BCUT2D eigenvalue weighted by molar-refractivity contribution is 5.98. The molecule has 10 nitrogen and oxygen atoms in total. The third-order valence-corrected chi connectivity index (χ3v) is 6.25. The molecule has 0 aliphatic heterocycles. The molecular weight excluding hydrogens is 526 g/mol. The van der Waals surface area contributed by atoms with E-state index in [2.05, 4.69) is 5.16 Å². The van der Waals surface area contributed by atoms with E-state index in [1.54, 1.807) is 68.1 Å². The van der Waals surface area contributed by atoms with Crippen molar-refractivity contribution in [2.24, 2.45) is 10.9 Å². The summed E-state index contributed by atoms with van der Waals surface area (Å²) in [7, 11) is 0. The van der Waals surface area contributed by atoms with Crippen molar-refractivity contribution < 1.29 is 33.7 Å². The van der Waals surface area contributed by atoms with Crippen molar-refractivity contribution >= 4 is 17.7 Å². The van der Waals surface area contributed by atoms with Crippen molar-refractivity contribution in [3.63, 3.8) is 0 Å². The lowest BCUT2D eigenvalue weighted by atomic mass is 10.1. The van der Waals surface area contributed by atoms with Gasteiger partial charge in [0.1, 0.15) is 17.2 Å². The minimum Gasteiger partial charge on any atom is -0.494 e. The number of carbonyl (C=O) groups is 2. The summed E-state index contributed by atoms with van der Waals surface area (Å²) in [5.74, 6) is 0.859. The van der Waals surface area contributed by atoms with E-state index in [-0.39, 0.29) is 36.2 Å². The van der Waals surface area contributed by atoms with Crippen LogP contribution in [0, 0.1) is 0 Å². The van der Waals surface area contributed by atoms with Crippen LogP contribution in [0.15, 0.2) is 47.6 Å². The summed E-state index contributed by atoms with van der Waals surface area (Å²) in [6.07, 6.45) is 2.52. The van der Waals surface area contributed by atoms with Crippen molar-refractivity contribution in [3.8, 4) is 17.2 Å². The number of oxime groups is 1. The summed E-state index contributed by atoms with van der Waals surface area (Å²) in [5.41, 5.74) is 5.24. The number of amidine groups is 1. The second-order valence-corrected chi connectivity index (χ2v) is 10.7. The summed E-state index contributed by atoms with van der Waals surface area (Å²) >= 11 is 0. The number of rotatable bonds is 16. The number of amides is 1. The third-order valence-electron chi connectivity index (χ3n) is 6.25. The SMILES string of the molecule is CCOC(=O)C(C)(C)Oc1cc(OCCCCCOc2ccc(/C(N)=N\O)cc2)ccc1C(=O)N(C(C)C)C(C)C. The zero-order valence-corrected chi connectivity index (χ0v) is 25.3. The highest BCUT2D eigenvalue weighted by Crippen LogP contribution is 2.31. The van der Waals surface area contributed by atoms with E-state index in [0.717, 1.165) is 19.3 Å². The molecule has 2 aromatic carbocycles. The molecule has 0 aliphatic carbocycles. The predicted octanol–water partition coefficient (Wildman–Crippen LogP) is 5.39. The van der Waals surface area contributed by atoms with Crippen LogP contribution in [-0.2, 0) is 9.53 Å². The number of nitrogens with zero attached hydrogens (tertiary/aromatic N) is 2. The summed E-state index contributed by atoms with van der Waals surface area (Å²) in [4.78, 5) is 27.8. The molecule has 3 N–H and O–H groups in total. The van der Waals surface area contributed by atoms with Crippen molar-refractivity contribution in [1.82, 2.24) is 4.90 Å². The van der Waals surface area contributed by atoms with Gasteiger partial charge in [0.15, 0.2) is 11.4 Å². The Morgan fingerprint density at radius 1 is 0.927 bits per heavy atom. The minimum atomic E-state index is -1.30. The quantitative estimate of drug-likeness (QED) is 0.0684. The normalized spacial score (nSPS) is 11.9. The van der Waals surface area contributed by atoms with E-state index in [1.807, 2.05) is 27.7 Å². The Morgan fingerprint density at radius 2 is 1.49 bits per heavy atom. The van der Waals surface area contributed by atoms with Crippen LogP contribution in [0.2, 0.25) is 0 Å². The maximum atomic E-state index is 13.5. The van der Waals surface area contributed by atoms with Crippen LogP contribution in [-0.4, -0.2) is 65.3 Å². The number of nitrogens with two attached hydrogens (primary N) is 1. The predicted molar refractivity (Wildman–Crippen MR) is 158 cm³/mol. The van der Waals surface area contributed by atoms with E-state index >= 15 is 0 Å². The number of ether oxygens (including phenoxy) is 4. The van der Waals surface area contributed by atoms with Gasteiger partial charge in [-0.1, -0.05) is 5.16 Å². The van der Waals surface area contributed by atoms with Gasteiger partial charge in [-0.15, -0.1) is 0 Å². The van der Waals surface area contributed by atoms with Crippen LogP contribution in [0.1, 0.15) is 83.7 Å². The molecule has 1 amide bonds. The van der Waals surface area contributed by atoms with Crippen LogP contribution in [0.4, 0.5) is 0 Å². The van der Waals surface area contributed by atoms with Gasteiger partial charge in [-0.3, -0.25) is 4.79 Å². The van der Waals surface area contributed by atoms with Crippen molar-refractivity contribution in [1.29, 1.82) is 0 Å². The summed E-state index contributed by atoms with van der Waals surface area (Å²) in [6, 6.07) is 12.1. The number of hydrogen-bond acceptors (Lipinski definition) is 8. The van der Waals surface area contributed by atoms with Gasteiger partial charge in [0, 0.05) is 23.7 Å². The number of unbranched alkanes of at least 4 members (excludes halogenated alkanes) is 2. The Labute approximate surface area is 243 Å². The molecule has 2 aromatic rings. The fourth-order valence-corrected chi connectivity index (χ4v) is 4.22. The standard InChI is InChI=1S/C31H45N3O7/c1-8-38-30(36)31(6,7)41-27-20-25(16-17-26(27)29(35)34(21(2)3)22(4)5)40-19-11-9-10-18-39-24-14-12-23(13-15-24)28(32)33-37/h12-17,20-22,37H,8-11,18-19H2,1-7H3,(H2,32,33). The third kappa shape index (κ3) is 9.88. The Morgan fingerprint density at radius 3 is 2.02 bits per heavy atom. The number of esters is 1. The van der Waals surface area contributed by atoms with Crippen molar-refractivity contribution in [3.05, 3.63) is 53.6 Å². The molecule has 226 valence electrons. The van der Waals surface area contributed by atoms with Gasteiger partial charge in [0.25, 0.3) is 5.91 Å². The zero-order chi connectivity index (χ0) is 30.6. The van der Waals surface area contributed by atoms with Crippen molar-refractivity contribution in [2.75, 3.05) is 19.8 Å². The molecule has 0 unspecified atom stereocenters. The fraction of sp³-hybridized carbons (Fsp3) is 0.516. The second-order valence-electron chi connectivity index (χ2n) is 10.7. The molecular formula is C31H45N3O7. The molecule has 0 radical (unpaired) electrons. The second kappa shape index (κ2) is 15.7. The van der Waals surface area contributed by atoms with Gasteiger partial charge in [-0.2, -0.15) is 0 Å². The molecule has 0 saturated carbocycles. The molecule has 0 heterocycles. The van der Waals surface area contributed by atoms with Crippen LogP contribution in [0.5, 0.6) is 17.2 Å². The van der Waals surface area contributed by atoms with Gasteiger partial charge in [-0.25, -0.2) is 4.79 Å². The van der Waals surface area contributed by atoms with Crippen LogP contribution >= 0.6 is 0 Å². The topological polar surface area (TPSA) is 133 Å². The lowest BCUT2D eigenvalue weighted by Gasteiger charge is -2.32. The van der Waals surface area contributed by atoms with Crippen LogP contribution < -0.4 is 19.9 Å². The van der Waals surface area contributed by atoms with Gasteiger partial charge in [0.2, 0.25) is 0 Å². The van der Waals surface area contributed by atoms with Crippen LogP contribution in [0.25, 0.3) is 0 Å². The first kappa shape index (κ1) is 33.3. The lowest BCUT2D eigenvalue weighted by Crippen LogP contribution is -2.43. The Hall–Kier alpha value is -3.95. The Bertz CT molecular complexity index is 1150. The van der Waals surface area contributed by atoms with Gasteiger partial charge in [-0.05, 0) is 104 Å². The zero-order valence-electron chi connectivity index (χ0n) is 25.3. The maximum Gasteiger partial charge on any atom is 0.349 e. The van der Waals surface area contributed by atoms with E-state index in [0.29, 0.717) is 35.8 Å². The minimum absolute atomic E-state index is 0.0211. The van der Waals surface area contributed by atoms with Gasteiger partial charge < -0.3 is 34.8 Å². The Balaban J connectivity index is 2.01. The molecule has 0 atom stereocenters. The van der Waals surface area contributed by atoms with Crippen molar-refractivity contribution in [2.45, 2.75) is 85.4 Å². The lowest BCUT2D eigenvalue weighted by molar-refractivity contribution is -0.158. The van der Waals surface area contributed by atoms with Crippen LogP contribution in [0.3, 0.4) is 0 Å². The fourth-order valence-electron chi connectivity index (χ4n) is 4.22. The molecule has 10 heteroatoms.